The Morgan fingerprint density at radius 2 is 1.95 bits per heavy atom. The lowest BCUT2D eigenvalue weighted by atomic mass is 10.1. The smallest absolute Gasteiger partial charge is 0.337 e. The van der Waals surface area contributed by atoms with Crippen LogP contribution in [0.1, 0.15) is 24.2 Å². The molecule has 0 radical (unpaired) electrons. The molecule has 0 aromatic heterocycles. The Balaban J connectivity index is 2.07. The Morgan fingerprint density at radius 1 is 1.29 bits per heavy atom. The first-order valence-corrected chi connectivity index (χ1v) is 7.46. The van der Waals surface area contributed by atoms with E-state index in [-0.39, 0.29) is 5.97 Å². The number of hydrogen-bond donors (Lipinski definition) is 1. The Morgan fingerprint density at radius 3 is 2.52 bits per heavy atom. The van der Waals surface area contributed by atoms with Crippen molar-refractivity contribution in [3.8, 4) is 0 Å². The number of hydrogen-bond acceptors (Lipinski definition) is 5. The SMILES string of the molecule is COC(=O)c1ccc(N)c(N2CCN(CC(C)C)CC2)c1. The maximum absolute atomic E-state index is 11.6. The van der Waals surface area contributed by atoms with Gasteiger partial charge in [-0.3, -0.25) is 4.90 Å². The van der Waals surface area contributed by atoms with E-state index in [2.05, 4.69) is 23.6 Å². The normalized spacial score (nSPS) is 16.3. The summed E-state index contributed by atoms with van der Waals surface area (Å²) in [6.07, 6.45) is 0. The van der Waals surface area contributed by atoms with Crippen molar-refractivity contribution < 1.29 is 9.53 Å². The molecule has 1 fully saturated rings. The maximum Gasteiger partial charge on any atom is 0.337 e. The highest BCUT2D eigenvalue weighted by molar-refractivity contribution is 5.92. The minimum absolute atomic E-state index is 0.324. The number of carbonyl (C=O) groups excluding carboxylic acids is 1. The van der Waals surface area contributed by atoms with Gasteiger partial charge < -0.3 is 15.4 Å². The third kappa shape index (κ3) is 3.88. The first-order chi connectivity index (χ1) is 10.0. The van der Waals surface area contributed by atoms with Gasteiger partial charge in [0, 0.05) is 32.7 Å². The highest BCUT2D eigenvalue weighted by Crippen LogP contribution is 2.26. The van der Waals surface area contributed by atoms with Crippen LogP contribution in [0.2, 0.25) is 0 Å². The summed E-state index contributed by atoms with van der Waals surface area (Å²) in [4.78, 5) is 16.4. The molecule has 2 N–H and O–H groups in total. The van der Waals surface area contributed by atoms with Gasteiger partial charge in [-0.15, -0.1) is 0 Å². The molecule has 5 nitrogen and oxygen atoms in total. The summed E-state index contributed by atoms with van der Waals surface area (Å²) in [5.41, 5.74) is 8.26. The first-order valence-electron chi connectivity index (χ1n) is 7.46. The quantitative estimate of drug-likeness (QED) is 0.677. The van der Waals surface area contributed by atoms with Crippen LogP contribution in [0, 0.1) is 5.92 Å². The average Bonchev–Trinajstić information content (AvgIpc) is 2.47. The summed E-state index contributed by atoms with van der Waals surface area (Å²) in [5.74, 6) is 0.360. The highest BCUT2D eigenvalue weighted by Gasteiger charge is 2.20. The summed E-state index contributed by atoms with van der Waals surface area (Å²) in [5, 5.41) is 0. The van der Waals surface area contributed by atoms with Crippen LogP contribution in [-0.4, -0.2) is 50.7 Å². The third-order valence-corrected chi connectivity index (χ3v) is 3.79. The fourth-order valence-corrected chi connectivity index (χ4v) is 2.75. The van der Waals surface area contributed by atoms with Crippen LogP contribution in [-0.2, 0) is 4.74 Å². The van der Waals surface area contributed by atoms with E-state index in [1.54, 1.807) is 12.1 Å². The molecule has 0 saturated carbocycles. The molecule has 0 unspecified atom stereocenters. The monoisotopic (exact) mass is 291 g/mol. The summed E-state index contributed by atoms with van der Waals surface area (Å²) in [6.45, 7) is 9.53. The standard InChI is InChI=1S/C16H25N3O2/c1-12(2)11-18-6-8-19(9-7-18)15-10-13(16(20)21-3)4-5-14(15)17/h4-5,10,12H,6-9,11,17H2,1-3H3. The van der Waals surface area contributed by atoms with Gasteiger partial charge in [0.1, 0.15) is 0 Å². The van der Waals surface area contributed by atoms with Crippen molar-refractivity contribution in [3.05, 3.63) is 23.8 Å². The molecule has 1 aliphatic rings. The Hall–Kier alpha value is -1.75. The fraction of sp³-hybridized carbons (Fsp3) is 0.562. The molecule has 0 aliphatic carbocycles. The van der Waals surface area contributed by atoms with E-state index in [0.29, 0.717) is 17.2 Å². The van der Waals surface area contributed by atoms with E-state index in [1.165, 1.54) is 7.11 Å². The second-order valence-corrected chi connectivity index (χ2v) is 5.95. The molecule has 0 atom stereocenters. The number of nitrogens with zero attached hydrogens (tertiary/aromatic N) is 2. The molecule has 21 heavy (non-hydrogen) atoms. The van der Waals surface area contributed by atoms with Crippen LogP contribution in [0.5, 0.6) is 0 Å². The van der Waals surface area contributed by atoms with Crippen LogP contribution < -0.4 is 10.6 Å². The van der Waals surface area contributed by atoms with Gasteiger partial charge >= 0.3 is 5.97 Å². The molecule has 1 aromatic rings. The van der Waals surface area contributed by atoms with E-state index in [0.717, 1.165) is 38.4 Å². The summed E-state index contributed by atoms with van der Waals surface area (Å²) >= 11 is 0. The van der Waals surface area contributed by atoms with E-state index in [4.69, 9.17) is 10.5 Å². The van der Waals surface area contributed by atoms with Gasteiger partial charge in [0.2, 0.25) is 0 Å². The maximum atomic E-state index is 11.6. The largest absolute Gasteiger partial charge is 0.465 e. The molecule has 1 saturated heterocycles. The lowest BCUT2D eigenvalue weighted by Crippen LogP contribution is -2.47. The number of rotatable bonds is 4. The Labute approximate surface area is 126 Å². The van der Waals surface area contributed by atoms with Crippen molar-refractivity contribution in [2.24, 2.45) is 5.92 Å². The number of esters is 1. The number of anilines is 2. The van der Waals surface area contributed by atoms with E-state index in [9.17, 15) is 4.79 Å². The summed E-state index contributed by atoms with van der Waals surface area (Å²) < 4.78 is 4.77. The van der Waals surface area contributed by atoms with Gasteiger partial charge in [-0.1, -0.05) is 13.8 Å². The number of piperazine rings is 1. The van der Waals surface area contributed by atoms with E-state index >= 15 is 0 Å². The van der Waals surface area contributed by atoms with Crippen molar-refractivity contribution in [2.75, 3.05) is 50.5 Å². The summed E-state index contributed by atoms with van der Waals surface area (Å²) in [6, 6.07) is 5.32. The summed E-state index contributed by atoms with van der Waals surface area (Å²) in [7, 11) is 1.39. The molecular weight excluding hydrogens is 266 g/mol. The highest BCUT2D eigenvalue weighted by atomic mass is 16.5. The number of ether oxygens (including phenoxy) is 1. The van der Waals surface area contributed by atoms with Crippen molar-refractivity contribution in [1.29, 1.82) is 0 Å². The van der Waals surface area contributed by atoms with Crippen molar-refractivity contribution in [1.82, 2.24) is 4.90 Å². The number of benzene rings is 1. The molecule has 1 heterocycles. The Bertz CT molecular complexity index is 494. The van der Waals surface area contributed by atoms with Crippen LogP contribution in [0.15, 0.2) is 18.2 Å². The molecule has 1 aliphatic heterocycles. The first kappa shape index (κ1) is 15.6. The van der Waals surface area contributed by atoms with E-state index < -0.39 is 0 Å². The lowest BCUT2D eigenvalue weighted by Gasteiger charge is -2.37. The van der Waals surface area contributed by atoms with Gasteiger partial charge in [0.15, 0.2) is 0 Å². The van der Waals surface area contributed by atoms with Gasteiger partial charge in [0.25, 0.3) is 0 Å². The molecule has 2 rings (SSSR count). The molecule has 0 bridgehead atoms. The van der Waals surface area contributed by atoms with Gasteiger partial charge in [-0.05, 0) is 24.1 Å². The zero-order valence-corrected chi connectivity index (χ0v) is 13.1. The fourth-order valence-electron chi connectivity index (χ4n) is 2.75. The van der Waals surface area contributed by atoms with Crippen molar-refractivity contribution >= 4 is 17.3 Å². The van der Waals surface area contributed by atoms with Crippen LogP contribution in [0.4, 0.5) is 11.4 Å². The van der Waals surface area contributed by atoms with Gasteiger partial charge in [-0.2, -0.15) is 0 Å². The van der Waals surface area contributed by atoms with Crippen LogP contribution in [0.25, 0.3) is 0 Å². The van der Waals surface area contributed by atoms with Gasteiger partial charge in [0.05, 0.1) is 24.0 Å². The molecule has 5 heteroatoms. The second-order valence-electron chi connectivity index (χ2n) is 5.95. The zero-order valence-electron chi connectivity index (χ0n) is 13.1. The van der Waals surface area contributed by atoms with Crippen LogP contribution in [0.3, 0.4) is 0 Å². The minimum Gasteiger partial charge on any atom is -0.465 e. The predicted molar refractivity (Wildman–Crippen MR) is 85.7 cm³/mol. The molecule has 116 valence electrons. The number of nitrogen functional groups attached to an aromatic ring is 1. The van der Waals surface area contributed by atoms with E-state index in [1.807, 2.05) is 6.07 Å². The number of nitrogens with two attached hydrogens (primary N) is 1. The predicted octanol–water partition coefficient (Wildman–Crippen LogP) is 1.83. The van der Waals surface area contributed by atoms with Crippen molar-refractivity contribution in [2.45, 2.75) is 13.8 Å². The van der Waals surface area contributed by atoms with Crippen molar-refractivity contribution in [3.63, 3.8) is 0 Å². The molecular formula is C16H25N3O2. The second kappa shape index (κ2) is 6.80. The number of methoxy groups -OCH3 is 1. The van der Waals surface area contributed by atoms with Gasteiger partial charge in [-0.25, -0.2) is 4.79 Å². The third-order valence-electron chi connectivity index (χ3n) is 3.79. The zero-order chi connectivity index (χ0) is 15.4. The molecule has 0 amide bonds. The minimum atomic E-state index is -0.324. The molecule has 1 aromatic carbocycles. The number of carbonyl (C=O) groups is 1. The lowest BCUT2D eigenvalue weighted by molar-refractivity contribution is 0.0601. The van der Waals surface area contributed by atoms with Crippen LogP contribution >= 0.6 is 0 Å². The Kier molecular flexibility index (Phi) is 5.07. The average molecular weight is 291 g/mol. The molecule has 0 spiro atoms. The topological polar surface area (TPSA) is 58.8 Å².